The fourth-order valence-electron chi connectivity index (χ4n) is 1.98. The van der Waals surface area contributed by atoms with Crippen molar-refractivity contribution in [1.82, 2.24) is 5.32 Å². The standard InChI is InChI=1S/C15H14Cl2FN/c1-19-15(11-3-5-12(18)6-4-11)9-10-2-7-13(16)14(17)8-10/h2-8,15,19H,9H2,1H3. The van der Waals surface area contributed by atoms with Gasteiger partial charge in [0.05, 0.1) is 10.0 Å². The molecule has 2 aromatic carbocycles. The predicted molar refractivity (Wildman–Crippen MR) is 78.4 cm³/mol. The second kappa shape index (κ2) is 6.38. The van der Waals surface area contributed by atoms with Crippen molar-refractivity contribution in [2.75, 3.05) is 7.05 Å². The molecule has 0 radical (unpaired) electrons. The zero-order valence-corrected chi connectivity index (χ0v) is 12.0. The summed E-state index contributed by atoms with van der Waals surface area (Å²) in [7, 11) is 1.88. The van der Waals surface area contributed by atoms with Gasteiger partial charge in [0.25, 0.3) is 0 Å². The van der Waals surface area contributed by atoms with E-state index in [1.165, 1.54) is 12.1 Å². The summed E-state index contributed by atoms with van der Waals surface area (Å²) in [6.07, 6.45) is 0.763. The molecule has 0 aliphatic rings. The number of hydrogen-bond acceptors (Lipinski definition) is 1. The molecule has 0 saturated heterocycles. The van der Waals surface area contributed by atoms with Crippen LogP contribution in [0.2, 0.25) is 10.0 Å². The number of benzene rings is 2. The average molecular weight is 298 g/mol. The highest BCUT2D eigenvalue weighted by Gasteiger charge is 2.11. The Labute approximate surface area is 122 Å². The molecule has 1 unspecified atom stereocenters. The summed E-state index contributed by atoms with van der Waals surface area (Å²) < 4.78 is 12.9. The van der Waals surface area contributed by atoms with Crippen LogP contribution in [0.3, 0.4) is 0 Å². The first-order valence-corrected chi connectivity index (χ1v) is 6.72. The highest BCUT2D eigenvalue weighted by molar-refractivity contribution is 6.42. The van der Waals surface area contributed by atoms with Gasteiger partial charge in [-0.05, 0) is 48.9 Å². The van der Waals surface area contributed by atoms with Crippen LogP contribution >= 0.6 is 23.2 Å². The molecule has 1 nitrogen and oxygen atoms in total. The normalized spacial score (nSPS) is 12.4. The first kappa shape index (κ1) is 14.3. The number of nitrogens with one attached hydrogen (secondary N) is 1. The van der Waals surface area contributed by atoms with E-state index in [0.717, 1.165) is 17.5 Å². The van der Waals surface area contributed by atoms with E-state index in [2.05, 4.69) is 5.32 Å². The van der Waals surface area contributed by atoms with Gasteiger partial charge in [0.15, 0.2) is 0 Å². The summed E-state index contributed by atoms with van der Waals surface area (Å²) in [6.45, 7) is 0. The Bertz CT molecular complexity index is 555. The molecular formula is C15H14Cl2FN. The van der Waals surface area contributed by atoms with Crippen LogP contribution in [0.15, 0.2) is 42.5 Å². The summed E-state index contributed by atoms with van der Waals surface area (Å²) in [5.41, 5.74) is 2.12. The minimum atomic E-state index is -0.229. The van der Waals surface area contributed by atoms with Crippen LogP contribution in [0.4, 0.5) is 4.39 Å². The molecule has 0 aliphatic heterocycles. The van der Waals surface area contributed by atoms with E-state index in [9.17, 15) is 4.39 Å². The van der Waals surface area contributed by atoms with Gasteiger partial charge in [0, 0.05) is 6.04 Å². The molecule has 0 fully saturated rings. The maximum absolute atomic E-state index is 12.9. The molecule has 1 atom stereocenters. The van der Waals surface area contributed by atoms with Crippen molar-refractivity contribution >= 4 is 23.2 Å². The third-order valence-corrected chi connectivity index (χ3v) is 3.78. The van der Waals surface area contributed by atoms with E-state index in [1.54, 1.807) is 18.2 Å². The van der Waals surface area contributed by atoms with E-state index >= 15 is 0 Å². The Hall–Kier alpha value is -1.09. The second-order valence-electron chi connectivity index (χ2n) is 4.35. The first-order valence-electron chi connectivity index (χ1n) is 5.97. The van der Waals surface area contributed by atoms with Gasteiger partial charge in [-0.1, -0.05) is 41.4 Å². The summed E-state index contributed by atoms with van der Waals surface area (Å²) in [5.74, 6) is -0.229. The minimum Gasteiger partial charge on any atom is -0.313 e. The Morgan fingerprint density at radius 1 is 1.05 bits per heavy atom. The summed E-state index contributed by atoms with van der Waals surface area (Å²) in [4.78, 5) is 0. The maximum Gasteiger partial charge on any atom is 0.123 e. The van der Waals surface area contributed by atoms with Crippen LogP contribution in [-0.4, -0.2) is 7.05 Å². The lowest BCUT2D eigenvalue weighted by Gasteiger charge is -2.17. The topological polar surface area (TPSA) is 12.0 Å². The Balaban J connectivity index is 2.18. The molecule has 0 heterocycles. The van der Waals surface area contributed by atoms with Gasteiger partial charge >= 0.3 is 0 Å². The van der Waals surface area contributed by atoms with Crippen LogP contribution in [0.1, 0.15) is 17.2 Å². The third-order valence-electron chi connectivity index (χ3n) is 3.04. The van der Waals surface area contributed by atoms with Gasteiger partial charge < -0.3 is 5.32 Å². The second-order valence-corrected chi connectivity index (χ2v) is 5.16. The van der Waals surface area contributed by atoms with Gasteiger partial charge in [-0.2, -0.15) is 0 Å². The van der Waals surface area contributed by atoms with E-state index in [0.29, 0.717) is 10.0 Å². The van der Waals surface area contributed by atoms with Gasteiger partial charge in [-0.3, -0.25) is 0 Å². The molecule has 0 spiro atoms. The lowest BCUT2D eigenvalue weighted by atomic mass is 9.99. The molecule has 4 heteroatoms. The lowest BCUT2D eigenvalue weighted by Crippen LogP contribution is -2.18. The predicted octanol–water partition coefficient (Wildman–Crippen LogP) is 4.64. The smallest absolute Gasteiger partial charge is 0.123 e. The van der Waals surface area contributed by atoms with Crippen molar-refractivity contribution in [2.24, 2.45) is 0 Å². The highest BCUT2D eigenvalue weighted by Crippen LogP contribution is 2.25. The summed E-state index contributed by atoms with van der Waals surface area (Å²) in [5, 5.41) is 4.32. The zero-order valence-electron chi connectivity index (χ0n) is 10.5. The lowest BCUT2D eigenvalue weighted by molar-refractivity contribution is 0.586. The molecule has 0 bridgehead atoms. The van der Waals surface area contributed by atoms with Crippen LogP contribution in [0.5, 0.6) is 0 Å². The van der Waals surface area contributed by atoms with E-state index in [4.69, 9.17) is 23.2 Å². The molecule has 0 aliphatic carbocycles. The molecule has 2 rings (SSSR count). The molecule has 0 amide bonds. The minimum absolute atomic E-state index is 0.109. The monoisotopic (exact) mass is 297 g/mol. The molecule has 1 N–H and O–H groups in total. The van der Waals surface area contributed by atoms with Crippen molar-refractivity contribution in [2.45, 2.75) is 12.5 Å². The summed E-state index contributed by atoms with van der Waals surface area (Å²) >= 11 is 11.9. The van der Waals surface area contributed by atoms with Crippen molar-refractivity contribution in [3.8, 4) is 0 Å². The van der Waals surface area contributed by atoms with Crippen molar-refractivity contribution in [3.63, 3.8) is 0 Å². The van der Waals surface area contributed by atoms with Crippen LogP contribution in [0, 0.1) is 5.82 Å². The van der Waals surface area contributed by atoms with Gasteiger partial charge in [0.1, 0.15) is 5.82 Å². The Morgan fingerprint density at radius 2 is 1.74 bits per heavy atom. The number of hydrogen-bond donors (Lipinski definition) is 1. The highest BCUT2D eigenvalue weighted by atomic mass is 35.5. The Morgan fingerprint density at radius 3 is 2.32 bits per heavy atom. The fraction of sp³-hybridized carbons (Fsp3) is 0.200. The van der Waals surface area contributed by atoms with Crippen LogP contribution in [-0.2, 0) is 6.42 Å². The number of rotatable bonds is 4. The van der Waals surface area contributed by atoms with Crippen LogP contribution < -0.4 is 5.32 Å². The van der Waals surface area contributed by atoms with E-state index in [1.807, 2.05) is 19.2 Å². The van der Waals surface area contributed by atoms with E-state index in [-0.39, 0.29) is 11.9 Å². The van der Waals surface area contributed by atoms with Crippen molar-refractivity contribution < 1.29 is 4.39 Å². The quantitative estimate of drug-likeness (QED) is 0.867. The molecule has 0 aromatic heterocycles. The third kappa shape index (κ3) is 3.69. The first-order chi connectivity index (χ1) is 9.10. The number of likely N-dealkylation sites (N-methyl/N-ethyl adjacent to an activating group) is 1. The largest absolute Gasteiger partial charge is 0.313 e. The van der Waals surface area contributed by atoms with Gasteiger partial charge in [-0.25, -0.2) is 4.39 Å². The van der Waals surface area contributed by atoms with Crippen molar-refractivity contribution in [1.29, 1.82) is 0 Å². The molecule has 2 aromatic rings. The maximum atomic E-state index is 12.9. The molecular weight excluding hydrogens is 284 g/mol. The van der Waals surface area contributed by atoms with Crippen LogP contribution in [0.25, 0.3) is 0 Å². The molecule has 0 saturated carbocycles. The summed E-state index contributed by atoms with van der Waals surface area (Å²) in [6, 6.07) is 12.2. The Kier molecular flexibility index (Phi) is 4.81. The van der Waals surface area contributed by atoms with Gasteiger partial charge in [0.2, 0.25) is 0 Å². The van der Waals surface area contributed by atoms with Gasteiger partial charge in [-0.15, -0.1) is 0 Å². The number of halogens is 3. The molecule has 19 heavy (non-hydrogen) atoms. The van der Waals surface area contributed by atoms with Crippen molar-refractivity contribution in [3.05, 3.63) is 69.5 Å². The van der Waals surface area contributed by atoms with E-state index < -0.39 is 0 Å². The zero-order chi connectivity index (χ0) is 13.8. The SMILES string of the molecule is CNC(Cc1ccc(Cl)c(Cl)c1)c1ccc(F)cc1. The average Bonchev–Trinajstić information content (AvgIpc) is 2.41. The molecule has 100 valence electrons. The fourth-order valence-corrected chi connectivity index (χ4v) is 2.30.